The van der Waals surface area contributed by atoms with Crippen LogP contribution in [0.1, 0.15) is 36.8 Å². The molecule has 1 saturated carbocycles. The number of ether oxygens (including phenoxy) is 1. The minimum Gasteiger partial charge on any atom is -0.493 e. The van der Waals surface area contributed by atoms with Gasteiger partial charge in [-0.2, -0.15) is 5.10 Å². The number of nitrogens with one attached hydrogen (secondary N) is 2. The third-order valence-corrected chi connectivity index (χ3v) is 5.06. The molecule has 27 heavy (non-hydrogen) atoms. The molecule has 2 N–H and O–H groups in total. The van der Waals surface area contributed by atoms with Crippen LogP contribution in [0.15, 0.2) is 30.6 Å². The van der Waals surface area contributed by atoms with Crippen LogP contribution in [0.5, 0.6) is 5.75 Å². The Hall–Kier alpha value is -2.83. The van der Waals surface area contributed by atoms with Gasteiger partial charge in [-0.3, -0.25) is 14.3 Å². The Balaban J connectivity index is 1.28. The summed E-state index contributed by atoms with van der Waals surface area (Å²) in [5.41, 5.74) is 2.71. The lowest BCUT2D eigenvalue weighted by molar-refractivity contribution is -0.122. The molecule has 0 atom stereocenters. The van der Waals surface area contributed by atoms with Gasteiger partial charge in [0.2, 0.25) is 11.8 Å². The standard InChI is InChI=1S/C20H24N4O3/c25-19(10-14-5-6-18-15(9-14)7-8-27-18)23-17-11-21-24(12-17)13-20(26)22-16-3-1-2-4-16/h5-6,9,11-12,16H,1-4,7-8,10,13H2,(H,22,26)(H,23,25). The predicted octanol–water partition coefficient (Wildman–Crippen LogP) is 2.06. The molecule has 0 spiro atoms. The Bertz CT molecular complexity index is 840. The van der Waals surface area contributed by atoms with Gasteiger partial charge in [-0.1, -0.05) is 25.0 Å². The smallest absolute Gasteiger partial charge is 0.241 e. The first-order chi connectivity index (χ1) is 13.2. The molecule has 4 rings (SSSR count). The van der Waals surface area contributed by atoms with E-state index in [0.717, 1.165) is 36.1 Å². The van der Waals surface area contributed by atoms with Gasteiger partial charge < -0.3 is 15.4 Å². The molecular weight excluding hydrogens is 344 g/mol. The van der Waals surface area contributed by atoms with E-state index in [1.165, 1.54) is 12.8 Å². The second-order valence-corrected chi connectivity index (χ2v) is 7.24. The summed E-state index contributed by atoms with van der Waals surface area (Å²) in [7, 11) is 0. The third-order valence-electron chi connectivity index (χ3n) is 5.06. The first-order valence-electron chi connectivity index (χ1n) is 9.52. The van der Waals surface area contributed by atoms with Crippen molar-refractivity contribution >= 4 is 17.5 Å². The van der Waals surface area contributed by atoms with Crippen LogP contribution in [-0.2, 0) is 29.0 Å². The normalized spacial score (nSPS) is 16.0. The summed E-state index contributed by atoms with van der Waals surface area (Å²) in [6.07, 6.45) is 8.91. The van der Waals surface area contributed by atoms with E-state index in [1.54, 1.807) is 17.1 Å². The zero-order valence-corrected chi connectivity index (χ0v) is 15.2. The number of benzene rings is 1. The van der Waals surface area contributed by atoms with Crippen molar-refractivity contribution in [2.24, 2.45) is 0 Å². The van der Waals surface area contributed by atoms with Crippen molar-refractivity contribution in [2.75, 3.05) is 11.9 Å². The highest BCUT2D eigenvalue weighted by Crippen LogP contribution is 2.26. The second kappa shape index (κ2) is 7.82. The van der Waals surface area contributed by atoms with Crippen molar-refractivity contribution in [3.63, 3.8) is 0 Å². The van der Waals surface area contributed by atoms with Gasteiger partial charge in [-0.15, -0.1) is 0 Å². The van der Waals surface area contributed by atoms with Crippen LogP contribution < -0.4 is 15.4 Å². The Morgan fingerprint density at radius 2 is 2.07 bits per heavy atom. The summed E-state index contributed by atoms with van der Waals surface area (Å²) in [4.78, 5) is 24.3. The van der Waals surface area contributed by atoms with Crippen molar-refractivity contribution in [2.45, 2.75) is 51.1 Å². The van der Waals surface area contributed by atoms with Crippen LogP contribution >= 0.6 is 0 Å². The number of hydrogen-bond donors (Lipinski definition) is 2. The van der Waals surface area contributed by atoms with Gasteiger partial charge in [0.05, 0.1) is 24.9 Å². The van der Waals surface area contributed by atoms with Crippen LogP contribution in [0.4, 0.5) is 5.69 Å². The van der Waals surface area contributed by atoms with Crippen LogP contribution in [-0.4, -0.2) is 34.2 Å². The number of anilines is 1. The highest BCUT2D eigenvalue weighted by Gasteiger charge is 2.17. The highest BCUT2D eigenvalue weighted by molar-refractivity contribution is 5.92. The zero-order valence-electron chi connectivity index (χ0n) is 15.2. The molecule has 1 fully saturated rings. The molecule has 2 aromatic rings. The van der Waals surface area contributed by atoms with Crippen LogP contribution in [0.3, 0.4) is 0 Å². The van der Waals surface area contributed by atoms with Crippen molar-refractivity contribution in [3.05, 3.63) is 41.7 Å². The molecule has 2 amide bonds. The van der Waals surface area contributed by atoms with Gasteiger partial charge in [0.25, 0.3) is 0 Å². The highest BCUT2D eigenvalue weighted by atomic mass is 16.5. The van der Waals surface area contributed by atoms with E-state index in [2.05, 4.69) is 15.7 Å². The molecule has 0 saturated heterocycles. The SMILES string of the molecule is O=C(Cc1ccc2c(c1)CCO2)Nc1cnn(CC(=O)NC2CCCC2)c1. The Labute approximate surface area is 158 Å². The quantitative estimate of drug-likeness (QED) is 0.817. The molecule has 0 bridgehead atoms. The van der Waals surface area contributed by atoms with Gasteiger partial charge in [0, 0.05) is 18.7 Å². The van der Waals surface area contributed by atoms with E-state index in [1.807, 2.05) is 18.2 Å². The zero-order chi connectivity index (χ0) is 18.6. The molecule has 1 aliphatic carbocycles. The second-order valence-electron chi connectivity index (χ2n) is 7.24. The van der Waals surface area contributed by atoms with Crippen LogP contribution in [0.2, 0.25) is 0 Å². The van der Waals surface area contributed by atoms with Gasteiger partial charge in [-0.05, 0) is 30.0 Å². The molecule has 1 aromatic heterocycles. The van der Waals surface area contributed by atoms with Gasteiger partial charge >= 0.3 is 0 Å². The van der Waals surface area contributed by atoms with Crippen molar-refractivity contribution in [1.29, 1.82) is 0 Å². The van der Waals surface area contributed by atoms with E-state index in [9.17, 15) is 9.59 Å². The molecule has 2 heterocycles. The fourth-order valence-electron chi connectivity index (χ4n) is 3.75. The topological polar surface area (TPSA) is 85.2 Å². The molecule has 0 unspecified atom stereocenters. The molecule has 142 valence electrons. The van der Waals surface area contributed by atoms with Crippen LogP contribution in [0.25, 0.3) is 0 Å². The van der Waals surface area contributed by atoms with Gasteiger partial charge in [-0.25, -0.2) is 0 Å². The predicted molar refractivity (Wildman–Crippen MR) is 101 cm³/mol. The van der Waals surface area contributed by atoms with Crippen molar-refractivity contribution in [3.8, 4) is 5.75 Å². The minimum atomic E-state index is -0.108. The fraction of sp³-hybridized carbons (Fsp3) is 0.450. The summed E-state index contributed by atoms with van der Waals surface area (Å²) in [6, 6.07) is 6.16. The lowest BCUT2D eigenvalue weighted by Crippen LogP contribution is -2.35. The minimum absolute atomic E-state index is 0.0387. The summed E-state index contributed by atoms with van der Waals surface area (Å²) >= 11 is 0. The Morgan fingerprint density at radius 3 is 2.93 bits per heavy atom. The monoisotopic (exact) mass is 368 g/mol. The number of amides is 2. The molecule has 7 heteroatoms. The molecular formula is C20H24N4O3. The first kappa shape index (κ1) is 17.6. The number of carbonyl (C=O) groups excluding carboxylic acids is 2. The lowest BCUT2D eigenvalue weighted by atomic mass is 10.1. The molecule has 1 aromatic carbocycles. The lowest BCUT2D eigenvalue weighted by Gasteiger charge is -2.11. The summed E-state index contributed by atoms with van der Waals surface area (Å²) in [5.74, 6) is 0.767. The summed E-state index contributed by atoms with van der Waals surface area (Å²) < 4.78 is 7.03. The number of hydrogen-bond acceptors (Lipinski definition) is 4. The Kier molecular flexibility index (Phi) is 5.09. The van der Waals surface area contributed by atoms with Crippen LogP contribution in [0, 0.1) is 0 Å². The number of fused-ring (bicyclic) bond motifs is 1. The molecule has 7 nitrogen and oxygen atoms in total. The maximum atomic E-state index is 12.3. The van der Waals surface area contributed by atoms with E-state index in [4.69, 9.17) is 4.74 Å². The van der Waals surface area contributed by atoms with Crippen molar-refractivity contribution in [1.82, 2.24) is 15.1 Å². The summed E-state index contributed by atoms with van der Waals surface area (Å²) in [5, 5.41) is 10.0. The maximum Gasteiger partial charge on any atom is 0.241 e. The number of carbonyl (C=O) groups is 2. The van der Waals surface area contributed by atoms with E-state index in [0.29, 0.717) is 24.8 Å². The average molecular weight is 368 g/mol. The number of nitrogens with zero attached hydrogens (tertiary/aromatic N) is 2. The fourth-order valence-corrected chi connectivity index (χ4v) is 3.75. The first-order valence-corrected chi connectivity index (χ1v) is 9.52. The number of rotatable bonds is 6. The van der Waals surface area contributed by atoms with Gasteiger partial charge in [0.1, 0.15) is 12.3 Å². The van der Waals surface area contributed by atoms with E-state index < -0.39 is 0 Å². The Morgan fingerprint density at radius 1 is 1.22 bits per heavy atom. The molecule has 2 aliphatic rings. The van der Waals surface area contributed by atoms with E-state index >= 15 is 0 Å². The molecule has 0 radical (unpaired) electrons. The van der Waals surface area contributed by atoms with Gasteiger partial charge in [0.15, 0.2) is 0 Å². The average Bonchev–Trinajstić information content (AvgIpc) is 3.36. The summed E-state index contributed by atoms with van der Waals surface area (Å²) in [6.45, 7) is 0.871. The van der Waals surface area contributed by atoms with E-state index in [-0.39, 0.29) is 18.4 Å². The number of aromatic nitrogens is 2. The van der Waals surface area contributed by atoms with Crippen molar-refractivity contribution < 1.29 is 14.3 Å². The third kappa shape index (κ3) is 4.48. The molecule has 1 aliphatic heterocycles. The largest absolute Gasteiger partial charge is 0.493 e. The maximum absolute atomic E-state index is 12.3.